The number of nitrogens with zero attached hydrogens (tertiary/aromatic N) is 1. The third-order valence-corrected chi connectivity index (χ3v) is 3.48. The highest BCUT2D eigenvalue weighted by Crippen LogP contribution is 2.29. The van der Waals surface area contributed by atoms with Crippen LogP contribution in [0.25, 0.3) is 0 Å². The predicted octanol–water partition coefficient (Wildman–Crippen LogP) is 2.85. The van der Waals surface area contributed by atoms with E-state index in [1.807, 2.05) is 30.3 Å². The summed E-state index contributed by atoms with van der Waals surface area (Å²) >= 11 is 5.87. The van der Waals surface area contributed by atoms with Crippen LogP contribution in [-0.4, -0.2) is 16.1 Å². The van der Waals surface area contributed by atoms with E-state index in [0.717, 1.165) is 5.56 Å². The number of nitrogens with two attached hydrogens (primary N) is 1. The number of nitro groups is 1. The molecule has 0 saturated carbocycles. The van der Waals surface area contributed by atoms with Gasteiger partial charge in [0.05, 0.1) is 22.6 Å². The molecule has 0 fully saturated rings. The van der Waals surface area contributed by atoms with Crippen molar-refractivity contribution in [2.24, 2.45) is 5.73 Å². The summed E-state index contributed by atoms with van der Waals surface area (Å²) in [5, 5.41) is 21.6. The van der Waals surface area contributed by atoms with Gasteiger partial charge in [0.2, 0.25) is 0 Å². The summed E-state index contributed by atoms with van der Waals surface area (Å²) in [5.41, 5.74) is 6.98. The lowest BCUT2D eigenvalue weighted by molar-refractivity contribution is -0.385. The standard InChI is InChI=1S/C15H15ClN2O3/c16-11-6-7-13(18(20)21)12(9-11)15(17)14(19)8-10-4-2-1-3-5-10/h1-7,9,14-15,19H,8,17H2/t14-,15+/m1/s1. The first-order valence-corrected chi connectivity index (χ1v) is 6.78. The molecule has 0 radical (unpaired) electrons. The van der Waals surface area contributed by atoms with Crippen molar-refractivity contribution in [3.05, 3.63) is 74.8 Å². The number of hydrogen-bond acceptors (Lipinski definition) is 4. The zero-order valence-corrected chi connectivity index (χ0v) is 11.9. The molecule has 0 heterocycles. The summed E-state index contributed by atoms with van der Waals surface area (Å²) in [7, 11) is 0. The van der Waals surface area contributed by atoms with Crippen molar-refractivity contribution in [1.29, 1.82) is 0 Å². The van der Waals surface area contributed by atoms with Crippen molar-refractivity contribution in [1.82, 2.24) is 0 Å². The Labute approximate surface area is 127 Å². The summed E-state index contributed by atoms with van der Waals surface area (Å²) in [5.74, 6) is 0. The van der Waals surface area contributed by atoms with Gasteiger partial charge in [0.1, 0.15) is 0 Å². The van der Waals surface area contributed by atoms with Crippen LogP contribution >= 0.6 is 11.6 Å². The van der Waals surface area contributed by atoms with Crippen molar-refractivity contribution < 1.29 is 10.0 Å². The lowest BCUT2D eigenvalue weighted by atomic mass is 9.96. The second kappa shape index (κ2) is 6.67. The second-order valence-corrected chi connectivity index (χ2v) is 5.18. The molecule has 0 aromatic heterocycles. The summed E-state index contributed by atoms with van der Waals surface area (Å²) in [6.45, 7) is 0. The van der Waals surface area contributed by atoms with Crippen molar-refractivity contribution in [2.75, 3.05) is 0 Å². The van der Waals surface area contributed by atoms with E-state index in [2.05, 4.69) is 0 Å². The molecular formula is C15H15ClN2O3. The van der Waals surface area contributed by atoms with Crippen LogP contribution in [0, 0.1) is 10.1 Å². The van der Waals surface area contributed by atoms with E-state index in [4.69, 9.17) is 17.3 Å². The Hall–Kier alpha value is -1.95. The fourth-order valence-corrected chi connectivity index (χ4v) is 2.33. The van der Waals surface area contributed by atoms with Gasteiger partial charge in [-0.05, 0) is 17.7 Å². The number of aliphatic hydroxyl groups is 1. The van der Waals surface area contributed by atoms with Crippen LogP contribution in [0.4, 0.5) is 5.69 Å². The van der Waals surface area contributed by atoms with E-state index in [-0.39, 0.29) is 11.3 Å². The van der Waals surface area contributed by atoms with E-state index in [1.165, 1.54) is 18.2 Å². The molecule has 0 spiro atoms. The molecule has 0 unspecified atom stereocenters. The van der Waals surface area contributed by atoms with Crippen LogP contribution in [0.1, 0.15) is 17.2 Å². The second-order valence-electron chi connectivity index (χ2n) is 4.74. The Bertz CT molecular complexity index is 634. The Morgan fingerprint density at radius 3 is 2.52 bits per heavy atom. The number of benzene rings is 2. The molecule has 0 saturated heterocycles. The Balaban J connectivity index is 2.24. The molecule has 110 valence electrons. The lowest BCUT2D eigenvalue weighted by Gasteiger charge is -2.19. The van der Waals surface area contributed by atoms with E-state index < -0.39 is 17.1 Å². The normalized spacial score (nSPS) is 13.7. The summed E-state index contributed by atoms with van der Waals surface area (Å²) in [6.07, 6.45) is -0.629. The van der Waals surface area contributed by atoms with Gasteiger partial charge in [-0.15, -0.1) is 0 Å². The van der Waals surface area contributed by atoms with Gasteiger partial charge in [0.15, 0.2) is 0 Å². The van der Waals surface area contributed by atoms with E-state index >= 15 is 0 Å². The van der Waals surface area contributed by atoms with Gasteiger partial charge in [-0.1, -0.05) is 41.9 Å². The number of nitro benzene ring substituents is 1. The minimum atomic E-state index is -0.940. The molecule has 2 aromatic rings. The zero-order valence-electron chi connectivity index (χ0n) is 11.1. The quantitative estimate of drug-likeness (QED) is 0.656. The molecule has 0 aliphatic heterocycles. The molecule has 6 heteroatoms. The summed E-state index contributed by atoms with van der Waals surface area (Å²) in [4.78, 5) is 10.5. The molecule has 21 heavy (non-hydrogen) atoms. The largest absolute Gasteiger partial charge is 0.391 e. The first-order chi connectivity index (χ1) is 9.99. The topological polar surface area (TPSA) is 89.4 Å². The molecule has 0 aliphatic rings. The number of rotatable bonds is 5. The molecule has 3 N–H and O–H groups in total. The third-order valence-electron chi connectivity index (χ3n) is 3.25. The predicted molar refractivity (Wildman–Crippen MR) is 81.2 cm³/mol. The fraction of sp³-hybridized carbons (Fsp3) is 0.200. The first-order valence-electron chi connectivity index (χ1n) is 6.40. The van der Waals surface area contributed by atoms with Gasteiger partial charge in [-0.3, -0.25) is 10.1 Å². The van der Waals surface area contributed by atoms with Gasteiger partial charge >= 0.3 is 0 Å². The first kappa shape index (κ1) is 15.4. The van der Waals surface area contributed by atoms with Gasteiger partial charge < -0.3 is 10.8 Å². The molecule has 2 atom stereocenters. The van der Waals surface area contributed by atoms with E-state index in [9.17, 15) is 15.2 Å². The molecule has 0 bridgehead atoms. The van der Waals surface area contributed by atoms with Crippen LogP contribution in [-0.2, 0) is 6.42 Å². The molecule has 2 rings (SSSR count). The van der Waals surface area contributed by atoms with Gasteiger partial charge in [0.25, 0.3) is 5.69 Å². The zero-order chi connectivity index (χ0) is 15.4. The molecule has 0 amide bonds. The smallest absolute Gasteiger partial charge is 0.274 e. The number of halogens is 1. The van der Waals surface area contributed by atoms with Crippen LogP contribution in [0.2, 0.25) is 5.02 Å². The van der Waals surface area contributed by atoms with Crippen molar-refractivity contribution >= 4 is 17.3 Å². The van der Waals surface area contributed by atoms with Crippen LogP contribution in [0.5, 0.6) is 0 Å². The Morgan fingerprint density at radius 1 is 1.24 bits per heavy atom. The molecule has 0 aliphatic carbocycles. The molecule has 2 aromatic carbocycles. The summed E-state index contributed by atoms with van der Waals surface area (Å²) < 4.78 is 0. The Morgan fingerprint density at radius 2 is 1.90 bits per heavy atom. The van der Waals surface area contributed by atoms with Gasteiger partial charge in [-0.2, -0.15) is 0 Å². The van der Waals surface area contributed by atoms with Crippen molar-refractivity contribution in [3.8, 4) is 0 Å². The average molecular weight is 307 g/mol. The Kier molecular flexibility index (Phi) is 4.90. The van der Waals surface area contributed by atoms with Crippen LogP contribution < -0.4 is 5.73 Å². The maximum absolute atomic E-state index is 11.0. The van der Waals surface area contributed by atoms with Gasteiger partial charge in [-0.25, -0.2) is 0 Å². The van der Waals surface area contributed by atoms with Crippen LogP contribution in [0.15, 0.2) is 48.5 Å². The van der Waals surface area contributed by atoms with Crippen molar-refractivity contribution in [2.45, 2.75) is 18.6 Å². The van der Waals surface area contributed by atoms with E-state index in [0.29, 0.717) is 11.4 Å². The number of aliphatic hydroxyl groups excluding tert-OH is 1. The maximum Gasteiger partial charge on any atom is 0.274 e. The monoisotopic (exact) mass is 306 g/mol. The SMILES string of the molecule is N[C@@H](c1cc(Cl)ccc1[N+](=O)[O-])[C@H](O)Cc1ccccc1. The highest BCUT2D eigenvalue weighted by molar-refractivity contribution is 6.30. The van der Waals surface area contributed by atoms with Gasteiger partial charge in [0, 0.05) is 17.5 Å². The molecular weight excluding hydrogens is 292 g/mol. The maximum atomic E-state index is 11.0. The molecule has 5 nitrogen and oxygen atoms in total. The minimum Gasteiger partial charge on any atom is -0.391 e. The third kappa shape index (κ3) is 3.78. The highest BCUT2D eigenvalue weighted by Gasteiger charge is 2.25. The van der Waals surface area contributed by atoms with Crippen molar-refractivity contribution in [3.63, 3.8) is 0 Å². The highest BCUT2D eigenvalue weighted by atomic mass is 35.5. The average Bonchev–Trinajstić information content (AvgIpc) is 2.47. The summed E-state index contributed by atoms with van der Waals surface area (Å²) in [6, 6.07) is 12.6. The fourth-order valence-electron chi connectivity index (χ4n) is 2.15. The lowest BCUT2D eigenvalue weighted by Crippen LogP contribution is -2.28. The minimum absolute atomic E-state index is 0.140. The number of hydrogen-bond donors (Lipinski definition) is 2. The van der Waals surface area contributed by atoms with E-state index in [1.54, 1.807) is 0 Å². The van der Waals surface area contributed by atoms with Crippen LogP contribution in [0.3, 0.4) is 0 Å².